The van der Waals surface area contributed by atoms with Gasteiger partial charge in [0.15, 0.2) is 0 Å². The molecule has 0 aromatic carbocycles. The Kier molecular flexibility index (Phi) is 2.82. The molecule has 0 atom stereocenters. The predicted molar refractivity (Wildman–Crippen MR) is 60.8 cm³/mol. The van der Waals surface area contributed by atoms with Gasteiger partial charge >= 0.3 is 0 Å². The minimum absolute atomic E-state index is 0.222. The molecule has 6 heteroatoms. The number of carbonyl (C=O) groups excluding carboxylic acids is 1. The monoisotopic (exact) mass is 260 g/mol. The number of halogens is 2. The van der Waals surface area contributed by atoms with Crippen LogP contribution in [0.4, 0.5) is 0 Å². The third-order valence-corrected chi connectivity index (χ3v) is 2.91. The van der Waals surface area contributed by atoms with E-state index in [0.29, 0.717) is 18.7 Å². The van der Waals surface area contributed by atoms with E-state index in [9.17, 15) is 9.90 Å². The van der Waals surface area contributed by atoms with Crippen molar-refractivity contribution in [2.24, 2.45) is 0 Å². The van der Waals surface area contributed by atoms with Crippen molar-refractivity contribution in [3.05, 3.63) is 28.0 Å². The molecule has 1 N–H and O–H groups in total. The lowest BCUT2D eigenvalue weighted by atomic mass is 9.96. The summed E-state index contributed by atoms with van der Waals surface area (Å²) in [5.41, 5.74) is -0.476. The van der Waals surface area contributed by atoms with Crippen molar-refractivity contribution >= 4 is 29.1 Å². The number of hydrogen-bond acceptors (Lipinski definition) is 3. The van der Waals surface area contributed by atoms with E-state index in [2.05, 4.69) is 4.98 Å². The third-order valence-electron chi connectivity index (χ3n) is 2.40. The van der Waals surface area contributed by atoms with Crippen molar-refractivity contribution in [2.45, 2.75) is 12.5 Å². The van der Waals surface area contributed by atoms with Gasteiger partial charge in [-0.15, -0.1) is 0 Å². The van der Waals surface area contributed by atoms with Crippen molar-refractivity contribution in [3.8, 4) is 0 Å². The molecule has 0 spiro atoms. The van der Waals surface area contributed by atoms with Gasteiger partial charge in [0.1, 0.15) is 5.15 Å². The fourth-order valence-electron chi connectivity index (χ4n) is 1.67. The highest BCUT2D eigenvalue weighted by molar-refractivity contribution is 6.35. The molecule has 4 nitrogen and oxygen atoms in total. The van der Waals surface area contributed by atoms with Gasteiger partial charge in [0.05, 0.1) is 29.3 Å². The Morgan fingerprint density at radius 1 is 1.56 bits per heavy atom. The molecule has 1 aliphatic rings. The van der Waals surface area contributed by atoms with E-state index in [-0.39, 0.29) is 16.1 Å². The standard InChI is InChI=1S/C10H10Cl2N2O2/c1-10(16)4-14(5-10)9(15)6-2-8(12)13-3-7(6)11/h2-3,16H,4-5H2,1H3. The van der Waals surface area contributed by atoms with Gasteiger partial charge in [-0.2, -0.15) is 0 Å². The first-order valence-corrected chi connectivity index (χ1v) is 5.47. The molecule has 0 radical (unpaired) electrons. The van der Waals surface area contributed by atoms with Gasteiger partial charge in [0.2, 0.25) is 0 Å². The van der Waals surface area contributed by atoms with E-state index in [0.717, 1.165) is 0 Å². The molecule has 1 aromatic rings. The molecule has 1 amide bonds. The summed E-state index contributed by atoms with van der Waals surface area (Å²) in [4.78, 5) is 17.2. The number of rotatable bonds is 1. The summed E-state index contributed by atoms with van der Waals surface area (Å²) >= 11 is 11.5. The summed E-state index contributed by atoms with van der Waals surface area (Å²) < 4.78 is 0. The van der Waals surface area contributed by atoms with Gasteiger partial charge in [-0.25, -0.2) is 4.98 Å². The molecule has 0 unspecified atom stereocenters. The van der Waals surface area contributed by atoms with Crippen molar-refractivity contribution in [3.63, 3.8) is 0 Å². The molecule has 0 saturated carbocycles. The highest BCUT2D eigenvalue weighted by Crippen LogP contribution is 2.25. The van der Waals surface area contributed by atoms with Crippen LogP contribution in [0.5, 0.6) is 0 Å². The number of carbonyl (C=O) groups is 1. The van der Waals surface area contributed by atoms with Gasteiger partial charge in [-0.3, -0.25) is 4.79 Å². The first-order valence-electron chi connectivity index (χ1n) is 4.72. The van der Waals surface area contributed by atoms with Gasteiger partial charge in [-0.05, 0) is 13.0 Å². The van der Waals surface area contributed by atoms with Crippen LogP contribution in [-0.2, 0) is 0 Å². The van der Waals surface area contributed by atoms with E-state index in [4.69, 9.17) is 23.2 Å². The van der Waals surface area contributed by atoms with Crippen LogP contribution in [0.3, 0.4) is 0 Å². The number of amides is 1. The van der Waals surface area contributed by atoms with Crippen LogP contribution in [0, 0.1) is 0 Å². The Hall–Kier alpha value is -0.840. The van der Waals surface area contributed by atoms with Crippen LogP contribution >= 0.6 is 23.2 Å². The average Bonchev–Trinajstić information content (AvgIpc) is 2.17. The van der Waals surface area contributed by atoms with Crippen molar-refractivity contribution in [1.82, 2.24) is 9.88 Å². The smallest absolute Gasteiger partial charge is 0.255 e. The fraction of sp³-hybridized carbons (Fsp3) is 0.400. The van der Waals surface area contributed by atoms with E-state index < -0.39 is 5.60 Å². The minimum Gasteiger partial charge on any atom is -0.386 e. The molecule has 1 aliphatic heterocycles. The van der Waals surface area contributed by atoms with Crippen LogP contribution in [0.2, 0.25) is 10.2 Å². The predicted octanol–water partition coefficient (Wildman–Crippen LogP) is 1.60. The summed E-state index contributed by atoms with van der Waals surface area (Å²) in [7, 11) is 0. The van der Waals surface area contributed by atoms with E-state index in [1.54, 1.807) is 6.92 Å². The molecule has 2 rings (SSSR count). The zero-order valence-electron chi connectivity index (χ0n) is 8.57. The SMILES string of the molecule is CC1(O)CN(C(=O)c2cc(Cl)ncc2Cl)C1. The van der Waals surface area contributed by atoms with Gasteiger partial charge < -0.3 is 10.0 Å². The molecular weight excluding hydrogens is 251 g/mol. The third kappa shape index (κ3) is 2.14. The van der Waals surface area contributed by atoms with Crippen LogP contribution in [0.25, 0.3) is 0 Å². The number of hydrogen-bond donors (Lipinski definition) is 1. The van der Waals surface area contributed by atoms with E-state index in [1.807, 2.05) is 0 Å². The van der Waals surface area contributed by atoms with Crippen LogP contribution < -0.4 is 0 Å². The highest BCUT2D eigenvalue weighted by atomic mass is 35.5. The normalized spacial score (nSPS) is 18.1. The molecule has 1 fully saturated rings. The molecule has 0 aliphatic carbocycles. The number of nitrogens with zero attached hydrogens (tertiary/aromatic N) is 2. The van der Waals surface area contributed by atoms with Crippen molar-refractivity contribution in [1.29, 1.82) is 0 Å². The summed E-state index contributed by atoms with van der Waals surface area (Å²) in [6.07, 6.45) is 1.34. The molecule has 16 heavy (non-hydrogen) atoms. The number of aromatic nitrogens is 1. The number of likely N-dealkylation sites (tertiary alicyclic amines) is 1. The largest absolute Gasteiger partial charge is 0.386 e. The zero-order valence-corrected chi connectivity index (χ0v) is 10.1. The van der Waals surface area contributed by atoms with E-state index >= 15 is 0 Å². The van der Waals surface area contributed by atoms with Gasteiger partial charge in [0.25, 0.3) is 5.91 Å². The minimum atomic E-state index is -0.793. The molecule has 86 valence electrons. The first-order chi connectivity index (χ1) is 7.39. The lowest BCUT2D eigenvalue weighted by Gasteiger charge is -2.44. The Balaban J connectivity index is 2.19. The summed E-state index contributed by atoms with van der Waals surface area (Å²) in [5, 5.41) is 10.0. The van der Waals surface area contributed by atoms with Crippen LogP contribution in [-0.4, -0.2) is 39.6 Å². The van der Waals surface area contributed by atoms with Crippen molar-refractivity contribution in [2.75, 3.05) is 13.1 Å². The topological polar surface area (TPSA) is 53.4 Å². The second kappa shape index (κ2) is 3.87. The Morgan fingerprint density at radius 3 is 2.75 bits per heavy atom. The summed E-state index contributed by atoms with van der Waals surface area (Å²) in [6, 6.07) is 1.43. The molecule has 0 bridgehead atoms. The zero-order chi connectivity index (χ0) is 11.9. The first kappa shape index (κ1) is 11.6. The molecule has 1 saturated heterocycles. The maximum atomic E-state index is 11.9. The average molecular weight is 261 g/mol. The van der Waals surface area contributed by atoms with Gasteiger partial charge in [0, 0.05) is 6.20 Å². The number of β-amino-alcohol motifs (C(OH)–C–C–N with tert-alkyl or cyclic N) is 1. The number of pyridine rings is 1. The Bertz CT molecular complexity index is 440. The Labute approximate surface area is 103 Å². The van der Waals surface area contributed by atoms with Gasteiger partial charge in [-0.1, -0.05) is 23.2 Å². The van der Waals surface area contributed by atoms with Crippen LogP contribution in [0.1, 0.15) is 17.3 Å². The quantitative estimate of drug-likeness (QED) is 0.781. The fourth-order valence-corrected chi connectivity index (χ4v) is 2.01. The van der Waals surface area contributed by atoms with Crippen LogP contribution in [0.15, 0.2) is 12.3 Å². The highest BCUT2D eigenvalue weighted by Gasteiger charge is 2.40. The number of aliphatic hydroxyl groups is 1. The second-order valence-corrected chi connectivity index (χ2v) is 4.94. The summed E-state index contributed by atoms with van der Waals surface area (Å²) in [6.45, 7) is 2.29. The van der Waals surface area contributed by atoms with Crippen molar-refractivity contribution < 1.29 is 9.90 Å². The lowest BCUT2D eigenvalue weighted by Crippen LogP contribution is -2.61. The Morgan fingerprint density at radius 2 is 2.19 bits per heavy atom. The lowest BCUT2D eigenvalue weighted by molar-refractivity contribution is -0.0668. The maximum absolute atomic E-state index is 11.9. The summed E-state index contributed by atoms with van der Waals surface area (Å²) in [5.74, 6) is -0.235. The second-order valence-electron chi connectivity index (χ2n) is 4.15. The maximum Gasteiger partial charge on any atom is 0.255 e. The van der Waals surface area contributed by atoms with E-state index in [1.165, 1.54) is 17.2 Å². The molecule has 1 aromatic heterocycles. The molecule has 2 heterocycles. The molecular formula is C10H10Cl2N2O2.